The van der Waals surface area contributed by atoms with Gasteiger partial charge in [0.05, 0.1) is 25.0 Å². The Kier molecular flexibility index (Phi) is 4.91. The molecule has 0 amide bonds. The predicted octanol–water partition coefficient (Wildman–Crippen LogP) is 2.55. The van der Waals surface area contributed by atoms with Gasteiger partial charge in [-0.2, -0.15) is 5.10 Å². The van der Waals surface area contributed by atoms with Crippen molar-refractivity contribution in [3.63, 3.8) is 0 Å². The lowest BCUT2D eigenvalue weighted by Gasteiger charge is -2.35. The maximum absolute atomic E-state index is 12.0. The van der Waals surface area contributed by atoms with Gasteiger partial charge >= 0.3 is 0 Å². The van der Waals surface area contributed by atoms with Gasteiger partial charge in [0.2, 0.25) is 0 Å². The van der Waals surface area contributed by atoms with E-state index in [1.165, 1.54) is 12.5 Å². The van der Waals surface area contributed by atoms with Crippen LogP contribution in [0, 0.1) is 0 Å². The standard InChI is InChI=1S/C17H23N3O3S/c1-23-14-7-5-6-13(10-14)12-20-9-4-3-8-15(20)17-16(11-18-19-17)24(2,21)22/h5-7,10-11,15H,3-4,8-9,12H2,1-2H3,(H,18,19). The highest BCUT2D eigenvalue weighted by molar-refractivity contribution is 7.90. The number of aromatic amines is 1. The molecule has 24 heavy (non-hydrogen) atoms. The number of hydrogen-bond acceptors (Lipinski definition) is 5. The average Bonchev–Trinajstić information content (AvgIpc) is 3.05. The van der Waals surface area contributed by atoms with Crippen LogP contribution in [0.15, 0.2) is 35.4 Å². The molecule has 1 aliphatic rings. The number of H-pyrrole nitrogens is 1. The molecule has 0 aliphatic carbocycles. The maximum atomic E-state index is 12.0. The van der Waals surface area contributed by atoms with Crippen molar-refractivity contribution in [2.75, 3.05) is 19.9 Å². The summed E-state index contributed by atoms with van der Waals surface area (Å²) in [5, 5.41) is 6.91. The first kappa shape index (κ1) is 17.0. The van der Waals surface area contributed by atoms with E-state index in [0.29, 0.717) is 10.6 Å². The van der Waals surface area contributed by atoms with E-state index in [1.807, 2.05) is 18.2 Å². The lowest BCUT2D eigenvalue weighted by atomic mass is 9.98. The van der Waals surface area contributed by atoms with E-state index in [2.05, 4.69) is 21.2 Å². The first-order valence-corrected chi connectivity index (χ1v) is 9.98. The van der Waals surface area contributed by atoms with Crippen LogP contribution in [0.1, 0.15) is 36.6 Å². The van der Waals surface area contributed by atoms with E-state index in [1.54, 1.807) is 7.11 Å². The minimum absolute atomic E-state index is 0.0391. The van der Waals surface area contributed by atoms with Gasteiger partial charge in [-0.15, -0.1) is 0 Å². The number of methoxy groups -OCH3 is 1. The van der Waals surface area contributed by atoms with Crippen molar-refractivity contribution in [1.29, 1.82) is 0 Å². The summed E-state index contributed by atoms with van der Waals surface area (Å²) < 4.78 is 29.3. The normalized spacial score (nSPS) is 19.3. The monoisotopic (exact) mass is 349 g/mol. The predicted molar refractivity (Wildman–Crippen MR) is 91.7 cm³/mol. The Morgan fingerprint density at radius 3 is 2.96 bits per heavy atom. The number of benzene rings is 1. The number of aromatic nitrogens is 2. The number of nitrogens with one attached hydrogen (secondary N) is 1. The number of nitrogens with zero attached hydrogens (tertiary/aromatic N) is 2. The molecule has 1 fully saturated rings. The third-order valence-electron chi connectivity index (χ3n) is 4.50. The lowest BCUT2D eigenvalue weighted by molar-refractivity contribution is 0.135. The van der Waals surface area contributed by atoms with E-state index in [0.717, 1.165) is 43.7 Å². The fourth-order valence-corrected chi connectivity index (χ4v) is 4.16. The van der Waals surface area contributed by atoms with Crippen LogP contribution in [0.5, 0.6) is 5.75 Å². The molecule has 1 unspecified atom stereocenters. The number of piperidine rings is 1. The molecular formula is C17H23N3O3S. The van der Waals surface area contributed by atoms with Crippen molar-refractivity contribution in [3.05, 3.63) is 41.7 Å². The summed E-state index contributed by atoms with van der Waals surface area (Å²) in [5.41, 5.74) is 1.86. The van der Waals surface area contributed by atoms with Crippen molar-refractivity contribution in [3.8, 4) is 5.75 Å². The molecule has 1 N–H and O–H groups in total. The summed E-state index contributed by atoms with van der Waals surface area (Å²) in [4.78, 5) is 2.63. The summed E-state index contributed by atoms with van der Waals surface area (Å²) in [6.07, 6.45) is 5.78. The zero-order chi connectivity index (χ0) is 17.2. The fourth-order valence-electron chi connectivity index (χ4n) is 3.33. The van der Waals surface area contributed by atoms with Crippen molar-refractivity contribution in [1.82, 2.24) is 15.1 Å². The van der Waals surface area contributed by atoms with Gasteiger partial charge in [-0.3, -0.25) is 10.00 Å². The number of sulfone groups is 1. The molecule has 3 rings (SSSR count). The van der Waals surface area contributed by atoms with Gasteiger partial charge in [0.15, 0.2) is 9.84 Å². The van der Waals surface area contributed by atoms with Crippen LogP contribution in [-0.2, 0) is 16.4 Å². The number of rotatable bonds is 5. The second-order valence-electron chi connectivity index (χ2n) is 6.25. The molecule has 2 heterocycles. The molecule has 7 heteroatoms. The highest BCUT2D eigenvalue weighted by atomic mass is 32.2. The zero-order valence-corrected chi connectivity index (χ0v) is 14.8. The van der Waals surface area contributed by atoms with Crippen LogP contribution in [0.4, 0.5) is 0 Å². The van der Waals surface area contributed by atoms with Crippen LogP contribution in [0.25, 0.3) is 0 Å². The molecule has 6 nitrogen and oxygen atoms in total. The molecule has 0 saturated carbocycles. The quantitative estimate of drug-likeness (QED) is 0.898. The Balaban J connectivity index is 1.88. The van der Waals surface area contributed by atoms with E-state index in [9.17, 15) is 8.42 Å². The second kappa shape index (κ2) is 6.94. The van der Waals surface area contributed by atoms with E-state index in [-0.39, 0.29) is 6.04 Å². The molecule has 0 spiro atoms. The lowest BCUT2D eigenvalue weighted by Crippen LogP contribution is -2.33. The summed E-state index contributed by atoms with van der Waals surface area (Å²) in [7, 11) is -1.63. The first-order valence-electron chi connectivity index (χ1n) is 8.09. The fraction of sp³-hybridized carbons (Fsp3) is 0.471. The van der Waals surface area contributed by atoms with Crippen molar-refractivity contribution < 1.29 is 13.2 Å². The van der Waals surface area contributed by atoms with Gasteiger partial charge in [0, 0.05) is 12.8 Å². The first-order chi connectivity index (χ1) is 11.5. The van der Waals surface area contributed by atoms with E-state index >= 15 is 0 Å². The van der Waals surface area contributed by atoms with Gasteiger partial charge in [-0.25, -0.2) is 8.42 Å². The zero-order valence-electron chi connectivity index (χ0n) is 14.0. The minimum Gasteiger partial charge on any atom is -0.497 e. The summed E-state index contributed by atoms with van der Waals surface area (Å²) >= 11 is 0. The molecule has 1 aliphatic heterocycles. The third kappa shape index (κ3) is 3.62. The topological polar surface area (TPSA) is 75.3 Å². The minimum atomic E-state index is -3.29. The Morgan fingerprint density at radius 2 is 2.21 bits per heavy atom. The van der Waals surface area contributed by atoms with Crippen LogP contribution in [0.3, 0.4) is 0 Å². The van der Waals surface area contributed by atoms with Gasteiger partial charge in [-0.1, -0.05) is 18.6 Å². The highest BCUT2D eigenvalue weighted by Crippen LogP contribution is 2.34. The van der Waals surface area contributed by atoms with Gasteiger partial charge < -0.3 is 4.74 Å². The van der Waals surface area contributed by atoms with Gasteiger partial charge in [-0.05, 0) is 37.1 Å². The third-order valence-corrected chi connectivity index (χ3v) is 5.62. The average molecular weight is 349 g/mol. The Hall–Kier alpha value is -1.86. The summed E-state index contributed by atoms with van der Waals surface area (Å²) in [6, 6.07) is 8.03. The number of likely N-dealkylation sites (tertiary alicyclic amines) is 1. The molecule has 1 saturated heterocycles. The van der Waals surface area contributed by atoms with Gasteiger partial charge in [0.25, 0.3) is 0 Å². The second-order valence-corrected chi connectivity index (χ2v) is 8.24. The van der Waals surface area contributed by atoms with Crippen molar-refractivity contribution >= 4 is 9.84 Å². The van der Waals surface area contributed by atoms with E-state index in [4.69, 9.17) is 4.74 Å². The number of hydrogen-bond donors (Lipinski definition) is 1. The SMILES string of the molecule is COc1cccc(CN2CCCCC2c2[nH]ncc2S(C)(=O)=O)c1. The molecule has 1 aromatic carbocycles. The molecule has 130 valence electrons. The smallest absolute Gasteiger partial charge is 0.178 e. The van der Waals surface area contributed by atoms with Gasteiger partial charge in [0.1, 0.15) is 10.6 Å². The van der Waals surface area contributed by atoms with Crippen LogP contribution < -0.4 is 4.74 Å². The molecular weight excluding hydrogens is 326 g/mol. The number of ether oxygens (including phenoxy) is 1. The summed E-state index contributed by atoms with van der Waals surface area (Å²) in [6.45, 7) is 1.69. The largest absolute Gasteiger partial charge is 0.497 e. The maximum Gasteiger partial charge on any atom is 0.178 e. The van der Waals surface area contributed by atoms with E-state index < -0.39 is 9.84 Å². The molecule has 0 radical (unpaired) electrons. The molecule has 0 bridgehead atoms. The summed E-state index contributed by atoms with van der Waals surface area (Å²) in [5.74, 6) is 0.833. The van der Waals surface area contributed by atoms with Crippen LogP contribution >= 0.6 is 0 Å². The van der Waals surface area contributed by atoms with Crippen LogP contribution in [-0.4, -0.2) is 43.4 Å². The Labute approximate surface area is 142 Å². The molecule has 1 aromatic heterocycles. The molecule has 2 aromatic rings. The van der Waals surface area contributed by atoms with Crippen molar-refractivity contribution in [2.24, 2.45) is 0 Å². The Bertz CT molecular complexity index is 801. The van der Waals surface area contributed by atoms with Crippen molar-refractivity contribution in [2.45, 2.75) is 36.7 Å². The van der Waals surface area contributed by atoms with Crippen LogP contribution in [0.2, 0.25) is 0 Å². The Morgan fingerprint density at radius 1 is 1.38 bits per heavy atom. The highest BCUT2D eigenvalue weighted by Gasteiger charge is 2.30. The molecule has 1 atom stereocenters.